The van der Waals surface area contributed by atoms with Crippen molar-refractivity contribution in [2.45, 2.75) is 262 Å². The van der Waals surface area contributed by atoms with Crippen LogP contribution in [0.1, 0.15) is 224 Å². The quantitative estimate of drug-likeness (QED) is 0.00680. The van der Waals surface area contributed by atoms with Crippen LogP contribution < -0.4 is 50.8 Å². The predicted octanol–water partition coefficient (Wildman–Crippen LogP) is 12.7. The number of alkyl carbamates (subject to hydrolysis) is 4. The maximum Gasteiger partial charge on any atom is 0.414 e. The molecule has 4 rings (SSSR count). The van der Waals surface area contributed by atoms with Gasteiger partial charge in [0.1, 0.15) is 93.1 Å². The molecule has 6 amide bonds. The van der Waals surface area contributed by atoms with Crippen molar-refractivity contribution in [2.75, 3.05) is 39.6 Å². The molecule has 34 nitrogen and oxygen atoms in total. The highest BCUT2D eigenvalue weighted by Gasteiger charge is 2.34. The Kier molecular flexibility index (Phi) is 36.6. The van der Waals surface area contributed by atoms with Crippen LogP contribution in [0.5, 0.6) is 23.0 Å². The Balaban J connectivity index is 1.55. The third-order valence-corrected chi connectivity index (χ3v) is 13.9. The van der Waals surface area contributed by atoms with E-state index in [1.807, 2.05) is 0 Å². The monoisotopic (exact) mass is 1650 g/mol. The van der Waals surface area contributed by atoms with Crippen molar-refractivity contribution in [1.29, 1.82) is 0 Å². The molecular formula is C84H118N8O26. The van der Waals surface area contributed by atoms with Gasteiger partial charge in [-0.3, -0.25) is 40.4 Å². The van der Waals surface area contributed by atoms with Crippen LogP contribution in [-0.4, -0.2) is 180 Å². The van der Waals surface area contributed by atoms with E-state index in [1.54, 1.807) is 178 Å². The van der Waals surface area contributed by atoms with E-state index in [0.29, 0.717) is 11.1 Å². The summed E-state index contributed by atoms with van der Waals surface area (Å²) >= 11 is 0. The Hall–Kier alpha value is -11.4. The van der Waals surface area contributed by atoms with Gasteiger partial charge < -0.3 is 76.9 Å². The molecule has 0 aliphatic rings. The van der Waals surface area contributed by atoms with Crippen molar-refractivity contribution in [3.63, 3.8) is 0 Å². The molecule has 0 aliphatic carbocycles. The molecule has 0 unspecified atom stereocenters. The van der Waals surface area contributed by atoms with E-state index in [9.17, 15) is 57.5 Å². The molecule has 0 saturated heterocycles. The molecule has 6 N–H and O–H groups in total. The van der Waals surface area contributed by atoms with Gasteiger partial charge in [-0.05, 0) is 251 Å². The van der Waals surface area contributed by atoms with Crippen LogP contribution in [0.15, 0.2) is 94.9 Å². The van der Waals surface area contributed by atoms with Crippen LogP contribution >= 0.6 is 0 Å². The number of aliphatic imine (C=N–C) groups is 2. The first-order chi connectivity index (χ1) is 54.3. The number of amides is 6. The zero-order valence-corrected chi connectivity index (χ0v) is 72.2. The first-order valence-electron chi connectivity index (χ1n) is 38.3. The number of carbonyl (C=O) groups is 12. The summed E-state index contributed by atoms with van der Waals surface area (Å²) in [6.07, 6.45) is -5.11. The molecule has 0 aromatic heterocycles. The number of benzene rings is 4. The second-order valence-electron chi connectivity index (χ2n) is 34.7. The first-order valence-corrected chi connectivity index (χ1v) is 38.3. The number of nitrogens with zero attached hydrogens (tertiary/aromatic N) is 2. The molecule has 0 radical (unpaired) electrons. The van der Waals surface area contributed by atoms with Gasteiger partial charge in [0.05, 0.1) is 61.8 Å². The van der Waals surface area contributed by atoms with Gasteiger partial charge in [-0.15, -0.1) is 0 Å². The lowest BCUT2D eigenvalue weighted by molar-refractivity contribution is -0.165. The third-order valence-electron chi connectivity index (χ3n) is 13.9. The topological polar surface area (TPSA) is 431 Å². The van der Waals surface area contributed by atoms with Gasteiger partial charge >= 0.3 is 60.2 Å². The van der Waals surface area contributed by atoms with Crippen LogP contribution in [0.3, 0.4) is 0 Å². The fourth-order valence-corrected chi connectivity index (χ4v) is 9.59. The molecule has 0 saturated carbocycles. The van der Waals surface area contributed by atoms with Gasteiger partial charge in [-0.25, -0.2) is 48.3 Å². The number of aryl methyl sites for hydroxylation is 2. The van der Waals surface area contributed by atoms with Gasteiger partial charge in [-0.1, -0.05) is 12.1 Å². The summed E-state index contributed by atoms with van der Waals surface area (Å²) in [6.45, 7) is 39.6. The van der Waals surface area contributed by atoms with Crippen molar-refractivity contribution < 1.29 is 124 Å². The Bertz CT molecular complexity index is 3860. The lowest BCUT2D eigenvalue weighted by Gasteiger charge is -2.25. The Morgan fingerprint density at radius 2 is 0.602 bits per heavy atom. The van der Waals surface area contributed by atoms with Crippen LogP contribution in [0.2, 0.25) is 0 Å². The maximum absolute atomic E-state index is 13.7. The maximum atomic E-state index is 13.7. The van der Waals surface area contributed by atoms with E-state index < -0.39 is 142 Å². The zero-order valence-electron chi connectivity index (χ0n) is 72.2. The number of nitrogens with one attached hydrogen (secondary N) is 6. The van der Waals surface area contributed by atoms with E-state index in [2.05, 4.69) is 41.9 Å². The average Bonchev–Trinajstić information content (AvgIpc) is 0.825. The first kappa shape index (κ1) is 98.9. The molecule has 0 heterocycles. The fourth-order valence-electron chi connectivity index (χ4n) is 9.59. The molecule has 34 heteroatoms. The second kappa shape index (κ2) is 43.7. The lowest BCUT2D eigenvalue weighted by Crippen LogP contribution is -2.47. The van der Waals surface area contributed by atoms with E-state index in [-0.39, 0.29) is 123 Å². The Morgan fingerprint density at radius 3 is 0.873 bits per heavy atom. The standard InChI is InChI=1S/C84H118N8O26/c1-77(2,3)111-65(95)49-59(69(99)113-79(7,8)9)87-63(93)39-31-51-29-37-57(109-67(97)53-25-33-55(34-26-53)85-71(89-73(101)115-81(13,14)15)90-74(102)116-82(16,17)18)47-61(51)107-45-43-105-41-42-106-44-46-108-62-48-58(38-30-52(62)32-40-64(94)88-60(70(100)114-80(10,11)12)50-66(96)112-78(4,5)6)110-68(98)54-27-35-56(36-28-54)86-72(91-75(103)117-83(19,20)21)92-76(104)118-84(22,23)24/h25-30,33-38,47-48,59-60H,31-32,39-46,49-50H2,1-24H3,(H,87,93)(H,88,94)(H2,85,89,90,101,102)(H2,86,91,92,103,104)/t59-,60-/m0/s1. The summed E-state index contributed by atoms with van der Waals surface area (Å²) in [4.78, 5) is 167. The average molecular weight is 1660 g/mol. The molecule has 4 aromatic carbocycles. The summed E-state index contributed by atoms with van der Waals surface area (Å²) < 4.78 is 79.0. The van der Waals surface area contributed by atoms with Crippen LogP contribution in [0, 0.1) is 0 Å². The molecule has 0 spiro atoms. The van der Waals surface area contributed by atoms with Crippen molar-refractivity contribution in [3.05, 3.63) is 107 Å². The smallest absolute Gasteiger partial charge is 0.414 e. The van der Waals surface area contributed by atoms with E-state index in [1.165, 1.54) is 72.8 Å². The number of guanidine groups is 2. The molecule has 2 atom stereocenters. The molecule has 118 heavy (non-hydrogen) atoms. The minimum atomic E-state index is -1.39. The van der Waals surface area contributed by atoms with Gasteiger partial charge in [-0.2, -0.15) is 0 Å². The van der Waals surface area contributed by atoms with Crippen LogP contribution in [0.25, 0.3) is 0 Å². The summed E-state index contributed by atoms with van der Waals surface area (Å²) in [5, 5.41) is 14.8. The van der Waals surface area contributed by atoms with E-state index in [0.717, 1.165) is 0 Å². The van der Waals surface area contributed by atoms with E-state index >= 15 is 0 Å². The van der Waals surface area contributed by atoms with Crippen LogP contribution in [0.4, 0.5) is 30.6 Å². The number of esters is 6. The van der Waals surface area contributed by atoms with Crippen molar-refractivity contribution in [1.82, 2.24) is 31.9 Å². The largest absolute Gasteiger partial charge is 0.491 e. The van der Waals surface area contributed by atoms with Crippen molar-refractivity contribution >= 4 is 95.3 Å². The number of rotatable bonds is 31. The highest BCUT2D eigenvalue weighted by atomic mass is 16.6. The van der Waals surface area contributed by atoms with Gasteiger partial charge in [0.15, 0.2) is 0 Å². The van der Waals surface area contributed by atoms with Crippen molar-refractivity contribution in [3.8, 4) is 23.0 Å². The predicted molar refractivity (Wildman–Crippen MR) is 433 cm³/mol. The molecule has 0 fully saturated rings. The van der Waals surface area contributed by atoms with Crippen molar-refractivity contribution in [2.24, 2.45) is 9.98 Å². The molecule has 0 bridgehead atoms. The highest BCUT2D eigenvalue weighted by molar-refractivity contribution is 6.04. The number of carbonyl (C=O) groups excluding carboxylic acids is 12. The minimum Gasteiger partial charge on any atom is -0.491 e. The Morgan fingerprint density at radius 1 is 0.331 bits per heavy atom. The molecule has 0 aliphatic heterocycles. The van der Waals surface area contributed by atoms with Gasteiger partial charge in [0.25, 0.3) is 0 Å². The summed E-state index contributed by atoms with van der Waals surface area (Å²) in [7, 11) is 0. The fraction of sp³-hybridized carbons (Fsp3) is 0.548. The number of ether oxygens (including phenoxy) is 14. The third kappa shape index (κ3) is 43.0. The SMILES string of the molecule is CC(C)(C)OC(=O)C[C@H](NC(=O)CCc1ccc(OC(=O)c2ccc(N=C(NC(=O)OC(C)(C)C)NC(=O)OC(C)(C)C)cc2)cc1OCCOCCOCCOc1cc(OC(=O)c2ccc(N=C(NC(=O)OC(C)(C)C)NC(=O)OC(C)(C)C)cc2)ccc1CCC(=O)N[C@@H](CC(=O)OC(C)(C)C)C(=O)OC(C)(C)C)C(=O)OC(C)(C)C. The molecular weight excluding hydrogens is 1540 g/mol. The minimum absolute atomic E-state index is 0.00911. The van der Waals surface area contributed by atoms with Crippen LogP contribution in [-0.2, 0) is 89.0 Å². The molecule has 4 aromatic rings. The summed E-state index contributed by atoms with van der Waals surface area (Å²) in [5.41, 5.74) is -5.82. The number of hydrogen-bond donors (Lipinski definition) is 6. The van der Waals surface area contributed by atoms with E-state index in [4.69, 9.17) is 66.3 Å². The lowest BCUT2D eigenvalue weighted by atomic mass is 10.1. The second-order valence-corrected chi connectivity index (χ2v) is 34.7. The molecule has 650 valence electrons. The zero-order chi connectivity index (χ0) is 89.0. The Labute approximate surface area is 689 Å². The number of hydrogen-bond acceptors (Lipinski definition) is 28. The highest BCUT2D eigenvalue weighted by Crippen LogP contribution is 2.30. The summed E-state index contributed by atoms with van der Waals surface area (Å²) in [6, 6.07) is 17.5. The normalized spacial score (nSPS) is 12.4. The van der Waals surface area contributed by atoms with Gasteiger partial charge in [0.2, 0.25) is 23.7 Å². The van der Waals surface area contributed by atoms with Gasteiger partial charge in [0, 0.05) is 25.0 Å². The summed E-state index contributed by atoms with van der Waals surface area (Å²) in [5.74, 6) is -6.29.